The van der Waals surface area contributed by atoms with Crippen molar-refractivity contribution in [3.63, 3.8) is 0 Å². The Hall–Kier alpha value is -1.61. The van der Waals surface area contributed by atoms with Crippen LogP contribution < -0.4 is 10.6 Å². The number of nitrogens with one attached hydrogen (secondary N) is 2. The monoisotopic (exact) mass is 513 g/mol. The third-order valence-electron chi connectivity index (χ3n) is 4.58. The van der Waals surface area contributed by atoms with Gasteiger partial charge < -0.3 is 20.3 Å². The van der Waals surface area contributed by atoms with E-state index in [1.807, 2.05) is 12.5 Å². The van der Waals surface area contributed by atoms with Crippen molar-refractivity contribution in [1.82, 2.24) is 20.2 Å². The van der Waals surface area contributed by atoms with Gasteiger partial charge in [0.25, 0.3) is 0 Å². The van der Waals surface area contributed by atoms with E-state index in [-0.39, 0.29) is 30.6 Å². The number of imidazole rings is 1. The van der Waals surface area contributed by atoms with Crippen molar-refractivity contribution in [3.05, 3.63) is 54.1 Å². The van der Waals surface area contributed by atoms with Gasteiger partial charge in [0.15, 0.2) is 5.96 Å². The number of guanidine groups is 1. The molecule has 2 rings (SSSR count). The van der Waals surface area contributed by atoms with Crippen LogP contribution in [0.4, 0.5) is 0 Å². The largest absolute Gasteiger partial charge is 0.396 e. The zero-order valence-corrected chi connectivity index (χ0v) is 20.2. The van der Waals surface area contributed by atoms with Crippen LogP contribution in [0.1, 0.15) is 44.7 Å². The summed E-state index contributed by atoms with van der Waals surface area (Å²) in [6, 6.07) is 8.51. The fourth-order valence-electron chi connectivity index (χ4n) is 3.32. The third-order valence-corrected chi connectivity index (χ3v) is 4.58. The lowest BCUT2D eigenvalue weighted by Crippen LogP contribution is -2.40. The molecule has 162 valence electrons. The summed E-state index contributed by atoms with van der Waals surface area (Å²) in [5, 5.41) is 16.1. The summed E-state index contributed by atoms with van der Waals surface area (Å²) in [6.07, 6.45) is 7.52. The summed E-state index contributed by atoms with van der Waals surface area (Å²) in [5.74, 6) is 1.90. The highest BCUT2D eigenvalue weighted by atomic mass is 127. The third kappa shape index (κ3) is 10.1. The van der Waals surface area contributed by atoms with E-state index in [0.717, 1.165) is 38.4 Å². The fraction of sp³-hybridized carbons (Fsp3) is 0.545. The number of aliphatic hydroxyl groups is 1. The van der Waals surface area contributed by atoms with Gasteiger partial charge in [-0.15, -0.1) is 24.0 Å². The second-order valence-corrected chi connectivity index (χ2v) is 7.64. The van der Waals surface area contributed by atoms with Gasteiger partial charge in [-0.2, -0.15) is 0 Å². The molecule has 29 heavy (non-hydrogen) atoms. The molecule has 1 heterocycles. The average Bonchev–Trinajstić information content (AvgIpc) is 3.17. The first-order valence-electron chi connectivity index (χ1n) is 10.3. The van der Waals surface area contributed by atoms with Crippen molar-refractivity contribution in [1.29, 1.82) is 0 Å². The van der Waals surface area contributed by atoms with Crippen molar-refractivity contribution >= 4 is 29.9 Å². The summed E-state index contributed by atoms with van der Waals surface area (Å²) < 4.78 is 2.06. The predicted octanol–water partition coefficient (Wildman–Crippen LogP) is 3.65. The first-order chi connectivity index (χ1) is 13.6. The smallest absolute Gasteiger partial charge is 0.191 e. The average molecular weight is 513 g/mol. The minimum absolute atomic E-state index is 0. The van der Waals surface area contributed by atoms with Crippen LogP contribution in [0.3, 0.4) is 0 Å². The first kappa shape index (κ1) is 25.4. The zero-order chi connectivity index (χ0) is 20.2. The summed E-state index contributed by atoms with van der Waals surface area (Å²) >= 11 is 0. The van der Waals surface area contributed by atoms with Crippen molar-refractivity contribution in [2.75, 3.05) is 19.7 Å². The molecule has 0 spiro atoms. The number of aliphatic hydroxyl groups excluding tert-OH is 1. The van der Waals surface area contributed by atoms with E-state index in [0.29, 0.717) is 18.4 Å². The molecule has 0 aliphatic rings. The normalized spacial score (nSPS) is 12.5. The molecule has 1 unspecified atom stereocenters. The van der Waals surface area contributed by atoms with Crippen LogP contribution >= 0.6 is 24.0 Å². The lowest BCUT2D eigenvalue weighted by Gasteiger charge is -2.20. The van der Waals surface area contributed by atoms with E-state index in [2.05, 4.69) is 65.2 Å². The van der Waals surface area contributed by atoms with E-state index < -0.39 is 0 Å². The topological polar surface area (TPSA) is 74.5 Å². The van der Waals surface area contributed by atoms with Crippen molar-refractivity contribution in [3.8, 4) is 0 Å². The number of benzene rings is 1. The molecule has 3 N–H and O–H groups in total. The summed E-state index contributed by atoms with van der Waals surface area (Å²) in [7, 11) is 0. The lowest BCUT2D eigenvalue weighted by atomic mass is 9.94. The molecular formula is C22H36IN5O. The zero-order valence-electron chi connectivity index (χ0n) is 17.8. The van der Waals surface area contributed by atoms with Crippen LogP contribution in [0.25, 0.3) is 0 Å². The van der Waals surface area contributed by atoms with Crippen molar-refractivity contribution < 1.29 is 5.11 Å². The number of aromatic nitrogens is 2. The van der Waals surface area contributed by atoms with E-state index >= 15 is 0 Å². The Balaban J connectivity index is 0.00000420. The second kappa shape index (κ2) is 14.4. The van der Waals surface area contributed by atoms with Gasteiger partial charge in [-0.3, -0.25) is 0 Å². The Morgan fingerprint density at radius 2 is 2.03 bits per heavy atom. The van der Waals surface area contributed by atoms with Crippen LogP contribution in [0, 0.1) is 11.8 Å². The van der Waals surface area contributed by atoms with E-state index in [9.17, 15) is 5.11 Å². The van der Waals surface area contributed by atoms with Crippen LogP contribution in [0.2, 0.25) is 0 Å². The maximum Gasteiger partial charge on any atom is 0.191 e. The standard InChI is InChI=1S/C22H35N5O.HI/c1-4-24-22(26-15-20(8-11-28)12-18(2)3)25-14-19-6-5-7-21(13-19)16-27-10-9-23-17-27;/h5-7,9-10,13,17-18,20,28H,4,8,11-12,14-16H2,1-3H3,(H2,24,25,26);1H. The second-order valence-electron chi connectivity index (χ2n) is 7.64. The molecule has 0 aliphatic heterocycles. The molecule has 0 aliphatic carbocycles. The van der Waals surface area contributed by atoms with Crippen LogP contribution in [-0.4, -0.2) is 40.3 Å². The Morgan fingerprint density at radius 1 is 1.24 bits per heavy atom. The minimum Gasteiger partial charge on any atom is -0.396 e. The molecule has 0 amide bonds. The molecular weight excluding hydrogens is 477 g/mol. The lowest BCUT2D eigenvalue weighted by molar-refractivity contribution is 0.243. The van der Waals surface area contributed by atoms with Gasteiger partial charge in [-0.1, -0.05) is 38.1 Å². The number of aliphatic imine (C=N–C) groups is 1. The highest BCUT2D eigenvalue weighted by Crippen LogP contribution is 2.14. The number of nitrogens with zero attached hydrogens (tertiary/aromatic N) is 3. The quantitative estimate of drug-likeness (QED) is 0.244. The molecule has 0 radical (unpaired) electrons. The Kier molecular flexibility index (Phi) is 12.6. The van der Waals surface area contributed by atoms with Gasteiger partial charge in [0.05, 0.1) is 12.9 Å². The van der Waals surface area contributed by atoms with Crippen LogP contribution in [-0.2, 0) is 13.1 Å². The molecule has 0 bridgehead atoms. The molecule has 2 aromatic rings. The molecule has 1 aromatic heterocycles. The highest BCUT2D eigenvalue weighted by molar-refractivity contribution is 14.0. The Bertz CT molecular complexity index is 703. The van der Waals surface area contributed by atoms with E-state index in [4.69, 9.17) is 4.99 Å². The van der Waals surface area contributed by atoms with Gasteiger partial charge in [-0.25, -0.2) is 9.98 Å². The molecule has 1 aromatic carbocycles. The first-order valence-corrected chi connectivity index (χ1v) is 10.3. The van der Waals surface area contributed by atoms with Gasteiger partial charge in [-0.05, 0) is 42.7 Å². The number of halogens is 1. The van der Waals surface area contributed by atoms with E-state index in [1.54, 1.807) is 6.20 Å². The molecule has 0 fully saturated rings. The molecule has 1 atom stereocenters. The van der Waals surface area contributed by atoms with Gasteiger partial charge >= 0.3 is 0 Å². The van der Waals surface area contributed by atoms with Crippen LogP contribution in [0.5, 0.6) is 0 Å². The summed E-state index contributed by atoms with van der Waals surface area (Å²) in [5.41, 5.74) is 2.42. The van der Waals surface area contributed by atoms with Crippen LogP contribution in [0.15, 0.2) is 48.0 Å². The number of rotatable bonds is 11. The SMILES string of the molecule is CCNC(=NCc1cccc(Cn2ccnc2)c1)NCC(CCO)CC(C)C.I. The number of hydrogen-bond donors (Lipinski definition) is 3. The maximum absolute atomic E-state index is 9.31. The van der Waals surface area contributed by atoms with Gasteiger partial charge in [0.1, 0.15) is 0 Å². The maximum atomic E-state index is 9.31. The molecule has 7 heteroatoms. The number of hydrogen-bond acceptors (Lipinski definition) is 3. The Morgan fingerprint density at radius 3 is 2.69 bits per heavy atom. The van der Waals surface area contributed by atoms with Crippen molar-refractivity contribution in [2.24, 2.45) is 16.8 Å². The van der Waals surface area contributed by atoms with Crippen molar-refractivity contribution in [2.45, 2.75) is 46.7 Å². The Labute approximate surface area is 192 Å². The van der Waals surface area contributed by atoms with E-state index in [1.165, 1.54) is 11.1 Å². The molecule has 0 saturated heterocycles. The van der Waals surface area contributed by atoms with Gasteiger partial charge in [0, 0.05) is 38.6 Å². The highest BCUT2D eigenvalue weighted by Gasteiger charge is 2.11. The van der Waals surface area contributed by atoms with Gasteiger partial charge in [0.2, 0.25) is 0 Å². The fourth-order valence-corrected chi connectivity index (χ4v) is 3.32. The molecule has 0 saturated carbocycles. The molecule has 6 nitrogen and oxygen atoms in total. The predicted molar refractivity (Wildman–Crippen MR) is 131 cm³/mol. The summed E-state index contributed by atoms with van der Waals surface area (Å²) in [4.78, 5) is 8.84. The summed E-state index contributed by atoms with van der Waals surface area (Å²) in [6.45, 7) is 9.84. The minimum atomic E-state index is 0.